The molecule has 0 spiro atoms. The quantitative estimate of drug-likeness (QED) is 0.296. The summed E-state index contributed by atoms with van der Waals surface area (Å²) in [5.41, 5.74) is 6.24. The molecule has 1 heterocycles. The molecule has 0 fully saturated rings. The second kappa shape index (κ2) is 5.53. The van der Waals surface area contributed by atoms with Gasteiger partial charge >= 0.3 is 0 Å². The predicted molar refractivity (Wildman–Crippen MR) is 73.2 cm³/mol. The highest BCUT2D eigenvalue weighted by molar-refractivity contribution is 9.10. The Kier molecular flexibility index (Phi) is 3.81. The lowest BCUT2D eigenvalue weighted by Gasteiger charge is -2.05. The Morgan fingerprint density at radius 2 is 2.11 bits per heavy atom. The Balaban J connectivity index is 2.20. The fraction of sp³-hybridized carbons (Fsp3) is 0. The maximum Gasteiger partial charge on any atom is 0.256 e. The van der Waals surface area contributed by atoms with Crippen molar-refractivity contribution in [2.24, 2.45) is 10.9 Å². The smallest absolute Gasteiger partial charge is 0.256 e. The minimum absolute atomic E-state index is 0.139. The van der Waals surface area contributed by atoms with E-state index in [4.69, 9.17) is 10.9 Å². The number of H-pyrrole nitrogens is 1. The molecule has 0 unspecified atom stereocenters. The minimum Gasteiger partial charge on any atom is -0.409 e. The molecule has 2 aromatic rings. The summed E-state index contributed by atoms with van der Waals surface area (Å²) in [5.74, 6) is -0.202. The SMILES string of the molecule is NC(=NO)c1cn[nH]c1NC(=O)c1ccc(Br)cc1. The van der Waals surface area contributed by atoms with Crippen molar-refractivity contribution in [1.29, 1.82) is 0 Å². The third-order valence-corrected chi connectivity index (χ3v) is 2.90. The monoisotopic (exact) mass is 323 g/mol. The molecule has 0 saturated heterocycles. The third-order valence-electron chi connectivity index (χ3n) is 2.37. The van der Waals surface area contributed by atoms with Crippen molar-refractivity contribution in [2.75, 3.05) is 5.32 Å². The van der Waals surface area contributed by atoms with Gasteiger partial charge in [-0.05, 0) is 24.3 Å². The topological polar surface area (TPSA) is 116 Å². The van der Waals surface area contributed by atoms with Crippen molar-refractivity contribution in [1.82, 2.24) is 10.2 Å². The van der Waals surface area contributed by atoms with Crippen molar-refractivity contribution >= 4 is 33.5 Å². The van der Waals surface area contributed by atoms with Crippen LogP contribution in [0.15, 0.2) is 40.1 Å². The van der Waals surface area contributed by atoms with Gasteiger partial charge in [0.05, 0.1) is 11.8 Å². The van der Waals surface area contributed by atoms with Crippen molar-refractivity contribution in [3.8, 4) is 0 Å². The van der Waals surface area contributed by atoms with E-state index in [2.05, 4.69) is 36.6 Å². The van der Waals surface area contributed by atoms with E-state index in [0.717, 1.165) is 4.47 Å². The number of halogens is 1. The van der Waals surface area contributed by atoms with Gasteiger partial charge in [-0.1, -0.05) is 21.1 Å². The van der Waals surface area contributed by atoms with Gasteiger partial charge in [-0.25, -0.2) is 0 Å². The molecule has 1 aromatic heterocycles. The van der Waals surface area contributed by atoms with Crippen molar-refractivity contribution in [3.63, 3.8) is 0 Å². The number of nitrogens with zero attached hydrogens (tertiary/aromatic N) is 2. The average molecular weight is 324 g/mol. The molecule has 19 heavy (non-hydrogen) atoms. The minimum atomic E-state index is -0.330. The van der Waals surface area contributed by atoms with Gasteiger partial charge in [-0.15, -0.1) is 0 Å². The molecule has 8 heteroatoms. The van der Waals surface area contributed by atoms with E-state index < -0.39 is 0 Å². The molecular formula is C11H10BrN5O2. The van der Waals surface area contributed by atoms with E-state index in [9.17, 15) is 4.79 Å². The number of rotatable bonds is 3. The third kappa shape index (κ3) is 2.91. The maximum absolute atomic E-state index is 12.0. The standard InChI is InChI=1S/C11H10BrN5O2/c12-7-3-1-6(2-4-7)11(18)15-10-8(5-14-16-10)9(13)17-19/h1-5,19H,(H2,13,17)(H2,14,15,16,18). The number of hydrogen-bond acceptors (Lipinski definition) is 4. The van der Waals surface area contributed by atoms with Crippen LogP contribution in [-0.2, 0) is 0 Å². The van der Waals surface area contributed by atoms with Crippen LogP contribution in [0.4, 0.5) is 5.82 Å². The van der Waals surface area contributed by atoms with Crippen LogP contribution < -0.4 is 11.1 Å². The normalized spacial score (nSPS) is 11.3. The number of aromatic nitrogens is 2. The van der Waals surface area contributed by atoms with Crippen LogP contribution in [0, 0.1) is 0 Å². The van der Waals surface area contributed by atoms with E-state index in [1.165, 1.54) is 6.20 Å². The van der Waals surface area contributed by atoms with Crippen molar-refractivity contribution < 1.29 is 10.0 Å². The molecule has 1 amide bonds. The molecule has 0 atom stereocenters. The number of benzene rings is 1. The first-order chi connectivity index (χ1) is 9.11. The number of oxime groups is 1. The van der Waals surface area contributed by atoms with E-state index >= 15 is 0 Å². The number of amides is 1. The second-order valence-electron chi connectivity index (χ2n) is 3.60. The number of carbonyl (C=O) groups excluding carboxylic acids is 1. The number of hydrogen-bond donors (Lipinski definition) is 4. The summed E-state index contributed by atoms with van der Waals surface area (Å²) in [4.78, 5) is 12.0. The number of nitrogens with two attached hydrogens (primary N) is 1. The van der Waals surface area contributed by atoms with Crippen LogP contribution in [0.3, 0.4) is 0 Å². The first kappa shape index (κ1) is 13.1. The highest BCUT2D eigenvalue weighted by Crippen LogP contribution is 2.14. The average Bonchev–Trinajstić information content (AvgIpc) is 2.86. The Morgan fingerprint density at radius 1 is 1.42 bits per heavy atom. The van der Waals surface area contributed by atoms with Gasteiger partial charge in [0.15, 0.2) is 5.84 Å². The number of amidine groups is 1. The number of nitrogens with one attached hydrogen (secondary N) is 2. The van der Waals surface area contributed by atoms with E-state index in [1.54, 1.807) is 24.3 Å². The molecule has 0 saturated carbocycles. The molecule has 5 N–H and O–H groups in total. The summed E-state index contributed by atoms with van der Waals surface area (Å²) >= 11 is 3.29. The molecule has 2 rings (SSSR count). The van der Waals surface area contributed by atoms with Crippen molar-refractivity contribution in [3.05, 3.63) is 46.1 Å². The lowest BCUT2D eigenvalue weighted by atomic mass is 10.2. The molecule has 0 radical (unpaired) electrons. The molecule has 1 aromatic carbocycles. The highest BCUT2D eigenvalue weighted by Gasteiger charge is 2.13. The molecular weight excluding hydrogens is 314 g/mol. The Labute approximate surface area is 116 Å². The van der Waals surface area contributed by atoms with Gasteiger partial charge in [0.25, 0.3) is 5.91 Å². The first-order valence-electron chi connectivity index (χ1n) is 5.20. The Bertz CT molecular complexity index is 620. The van der Waals surface area contributed by atoms with Gasteiger partial charge in [0.2, 0.25) is 0 Å². The molecule has 98 valence electrons. The largest absolute Gasteiger partial charge is 0.409 e. The lowest BCUT2D eigenvalue weighted by molar-refractivity contribution is 0.102. The highest BCUT2D eigenvalue weighted by atomic mass is 79.9. The Hall–Kier alpha value is -2.35. The fourth-order valence-electron chi connectivity index (χ4n) is 1.42. The van der Waals surface area contributed by atoms with Gasteiger partial charge in [0.1, 0.15) is 5.82 Å². The molecule has 0 bridgehead atoms. The summed E-state index contributed by atoms with van der Waals surface area (Å²) in [6, 6.07) is 6.84. The summed E-state index contributed by atoms with van der Waals surface area (Å²) in [7, 11) is 0. The van der Waals surface area contributed by atoms with E-state index in [1.807, 2.05) is 0 Å². The molecule has 0 aliphatic rings. The zero-order valence-corrected chi connectivity index (χ0v) is 11.2. The summed E-state index contributed by atoms with van der Waals surface area (Å²) in [5, 5.41) is 20.4. The van der Waals surface area contributed by atoms with Crippen LogP contribution in [-0.4, -0.2) is 27.1 Å². The lowest BCUT2D eigenvalue weighted by Crippen LogP contribution is -2.18. The number of carbonyl (C=O) groups is 1. The second-order valence-corrected chi connectivity index (χ2v) is 4.52. The van der Waals surface area contributed by atoms with Gasteiger partial charge in [-0.3, -0.25) is 9.89 Å². The van der Waals surface area contributed by atoms with Crippen LogP contribution in [0.1, 0.15) is 15.9 Å². The molecule has 0 aliphatic heterocycles. The molecule has 0 aliphatic carbocycles. The predicted octanol–water partition coefficient (Wildman–Crippen LogP) is 1.52. The zero-order valence-electron chi connectivity index (χ0n) is 9.59. The van der Waals surface area contributed by atoms with Crippen molar-refractivity contribution in [2.45, 2.75) is 0 Å². The van der Waals surface area contributed by atoms with Crippen LogP contribution in [0.25, 0.3) is 0 Å². The maximum atomic E-state index is 12.0. The van der Waals surface area contributed by atoms with Crippen LogP contribution >= 0.6 is 15.9 Å². The van der Waals surface area contributed by atoms with Gasteiger partial charge in [-0.2, -0.15) is 5.10 Å². The number of aromatic amines is 1. The molecule has 7 nitrogen and oxygen atoms in total. The first-order valence-corrected chi connectivity index (χ1v) is 5.99. The zero-order chi connectivity index (χ0) is 13.8. The van der Waals surface area contributed by atoms with Gasteiger partial charge in [0, 0.05) is 10.0 Å². The summed E-state index contributed by atoms with van der Waals surface area (Å²) < 4.78 is 0.878. The van der Waals surface area contributed by atoms with Crippen LogP contribution in [0.5, 0.6) is 0 Å². The summed E-state index contributed by atoms with van der Waals surface area (Å²) in [6.45, 7) is 0. The van der Waals surface area contributed by atoms with E-state index in [-0.39, 0.29) is 17.6 Å². The fourth-order valence-corrected chi connectivity index (χ4v) is 1.68. The summed E-state index contributed by atoms with van der Waals surface area (Å²) in [6.07, 6.45) is 1.35. The van der Waals surface area contributed by atoms with E-state index in [0.29, 0.717) is 11.1 Å². The Morgan fingerprint density at radius 3 is 2.74 bits per heavy atom. The van der Waals surface area contributed by atoms with Crippen LogP contribution in [0.2, 0.25) is 0 Å². The number of anilines is 1. The van der Waals surface area contributed by atoms with Gasteiger partial charge < -0.3 is 16.3 Å².